The van der Waals surface area contributed by atoms with Crippen molar-refractivity contribution in [1.29, 1.82) is 0 Å². The topological polar surface area (TPSA) is 76.7 Å². The lowest BCUT2D eigenvalue weighted by Gasteiger charge is -2.13. The quantitative estimate of drug-likeness (QED) is 0.651. The number of hydrogen-bond acceptors (Lipinski definition) is 4. The Labute approximate surface area is 167 Å². The zero-order valence-electron chi connectivity index (χ0n) is 15.6. The third kappa shape index (κ3) is 5.99. The van der Waals surface area contributed by atoms with Crippen molar-refractivity contribution < 1.29 is 19.1 Å². The molecule has 0 spiro atoms. The molecule has 0 aliphatic rings. The van der Waals surface area contributed by atoms with Gasteiger partial charge in [0.2, 0.25) is 0 Å². The number of ether oxygens (including phenoxy) is 2. The molecule has 0 aliphatic heterocycles. The van der Waals surface area contributed by atoms with E-state index in [0.29, 0.717) is 28.1 Å². The van der Waals surface area contributed by atoms with Crippen LogP contribution in [0.2, 0.25) is 0 Å². The van der Waals surface area contributed by atoms with E-state index in [1.807, 2.05) is 39.0 Å². The average molecular weight is 435 g/mol. The molecule has 27 heavy (non-hydrogen) atoms. The van der Waals surface area contributed by atoms with Crippen molar-refractivity contribution in [3.05, 3.63) is 57.6 Å². The van der Waals surface area contributed by atoms with Gasteiger partial charge in [-0.2, -0.15) is 0 Å². The van der Waals surface area contributed by atoms with Gasteiger partial charge in [0, 0.05) is 5.56 Å². The van der Waals surface area contributed by atoms with Gasteiger partial charge in [0.1, 0.15) is 11.5 Å². The van der Waals surface area contributed by atoms with Gasteiger partial charge in [0.15, 0.2) is 6.61 Å². The van der Waals surface area contributed by atoms with Crippen LogP contribution in [0.3, 0.4) is 0 Å². The highest BCUT2D eigenvalue weighted by Gasteiger charge is 2.11. The van der Waals surface area contributed by atoms with E-state index in [1.54, 1.807) is 18.2 Å². The van der Waals surface area contributed by atoms with E-state index in [9.17, 15) is 9.59 Å². The number of halogens is 1. The molecule has 0 unspecified atom stereocenters. The van der Waals surface area contributed by atoms with Gasteiger partial charge in [-0.25, -0.2) is 0 Å². The lowest BCUT2D eigenvalue weighted by molar-refractivity contribution is -0.123. The number of hydrogen-bond donors (Lipinski definition) is 2. The van der Waals surface area contributed by atoms with Gasteiger partial charge in [0.25, 0.3) is 11.8 Å². The van der Waals surface area contributed by atoms with E-state index in [4.69, 9.17) is 9.47 Å². The Morgan fingerprint density at radius 2 is 1.74 bits per heavy atom. The van der Waals surface area contributed by atoms with Gasteiger partial charge in [-0.15, -0.1) is 0 Å². The van der Waals surface area contributed by atoms with E-state index < -0.39 is 11.8 Å². The van der Waals surface area contributed by atoms with E-state index in [1.165, 1.54) is 0 Å². The maximum absolute atomic E-state index is 12.2. The van der Waals surface area contributed by atoms with Gasteiger partial charge in [-0.05, 0) is 65.5 Å². The summed E-state index contributed by atoms with van der Waals surface area (Å²) < 4.78 is 11.8. The molecule has 2 N–H and O–H groups in total. The Morgan fingerprint density at radius 1 is 1.04 bits per heavy atom. The fraction of sp³-hybridized carbons (Fsp3) is 0.300. The van der Waals surface area contributed by atoms with E-state index in [2.05, 4.69) is 26.8 Å². The Balaban J connectivity index is 1.86. The second-order valence-electron chi connectivity index (χ2n) is 6.01. The Bertz CT molecular complexity index is 803. The smallest absolute Gasteiger partial charge is 0.276 e. The lowest BCUT2D eigenvalue weighted by Crippen LogP contribution is -2.43. The summed E-state index contributed by atoms with van der Waals surface area (Å²) in [6, 6.07) is 10.7. The van der Waals surface area contributed by atoms with Gasteiger partial charge in [-0.1, -0.05) is 25.1 Å². The minimum atomic E-state index is -0.451. The summed E-state index contributed by atoms with van der Waals surface area (Å²) in [6.07, 6.45) is 0.894. The van der Waals surface area contributed by atoms with Crippen molar-refractivity contribution >= 4 is 27.7 Å². The molecule has 0 aromatic heterocycles. The Hall–Kier alpha value is -2.54. The van der Waals surface area contributed by atoms with Crippen LogP contribution in [-0.4, -0.2) is 25.0 Å². The highest BCUT2D eigenvalue weighted by molar-refractivity contribution is 9.10. The largest absolute Gasteiger partial charge is 0.492 e. The maximum Gasteiger partial charge on any atom is 0.276 e. The summed E-state index contributed by atoms with van der Waals surface area (Å²) >= 11 is 3.38. The molecule has 144 valence electrons. The zero-order valence-corrected chi connectivity index (χ0v) is 17.2. The third-order valence-corrected chi connectivity index (χ3v) is 4.35. The summed E-state index contributed by atoms with van der Waals surface area (Å²) in [5.74, 6) is 0.455. The molecule has 0 bridgehead atoms. The van der Waals surface area contributed by atoms with Gasteiger partial charge in [0.05, 0.1) is 11.1 Å². The molecule has 2 amide bonds. The minimum absolute atomic E-state index is 0.195. The first-order valence-corrected chi connectivity index (χ1v) is 9.42. The van der Waals surface area contributed by atoms with E-state index in [0.717, 1.165) is 17.5 Å². The molecule has 6 nitrogen and oxygen atoms in total. The van der Waals surface area contributed by atoms with E-state index >= 15 is 0 Å². The van der Waals surface area contributed by atoms with Crippen LogP contribution < -0.4 is 20.3 Å². The first-order chi connectivity index (χ1) is 12.9. The normalized spacial score (nSPS) is 10.2. The van der Waals surface area contributed by atoms with Crippen LogP contribution in [0.5, 0.6) is 11.5 Å². The van der Waals surface area contributed by atoms with Crippen molar-refractivity contribution in [1.82, 2.24) is 10.9 Å². The third-order valence-electron chi connectivity index (χ3n) is 3.73. The molecular formula is C20H23BrN2O4. The fourth-order valence-corrected chi connectivity index (χ4v) is 2.86. The van der Waals surface area contributed by atoms with Gasteiger partial charge in [-0.3, -0.25) is 20.4 Å². The number of carbonyl (C=O) groups is 2. The summed E-state index contributed by atoms with van der Waals surface area (Å²) in [6.45, 7) is 6.24. The molecule has 2 aromatic carbocycles. The molecule has 0 saturated heterocycles. The first kappa shape index (κ1) is 20.8. The number of nitrogens with one attached hydrogen (secondary N) is 2. The van der Waals surface area contributed by atoms with Crippen LogP contribution in [0.1, 0.15) is 34.8 Å². The number of carbonyl (C=O) groups excluding carboxylic acids is 2. The molecule has 0 saturated carbocycles. The molecular weight excluding hydrogens is 412 g/mol. The summed E-state index contributed by atoms with van der Waals surface area (Å²) in [5.41, 5.74) is 7.01. The van der Waals surface area contributed by atoms with Crippen molar-refractivity contribution in [3.63, 3.8) is 0 Å². The highest BCUT2D eigenvalue weighted by atomic mass is 79.9. The summed E-state index contributed by atoms with van der Waals surface area (Å²) in [4.78, 5) is 24.1. The van der Waals surface area contributed by atoms with Crippen molar-refractivity contribution in [3.8, 4) is 11.5 Å². The fourth-order valence-electron chi connectivity index (χ4n) is 2.37. The number of amides is 2. The number of aryl methyl sites for hydroxylation is 2. The number of para-hydroxylation sites is 1. The second kappa shape index (κ2) is 9.97. The van der Waals surface area contributed by atoms with Crippen LogP contribution in [0.4, 0.5) is 0 Å². The average Bonchev–Trinajstić information content (AvgIpc) is 2.64. The lowest BCUT2D eigenvalue weighted by atomic mass is 10.1. The molecule has 0 heterocycles. The molecule has 2 aromatic rings. The van der Waals surface area contributed by atoms with Gasteiger partial charge < -0.3 is 9.47 Å². The highest BCUT2D eigenvalue weighted by Crippen LogP contribution is 2.26. The monoisotopic (exact) mass is 434 g/mol. The van der Waals surface area contributed by atoms with Crippen LogP contribution in [0, 0.1) is 13.8 Å². The molecule has 0 radical (unpaired) electrons. The predicted molar refractivity (Wildman–Crippen MR) is 107 cm³/mol. The van der Waals surface area contributed by atoms with Crippen LogP contribution in [0.15, 0.2) is 40.9 Å². The standard InChI is InChI=1S/C20H23BrN2O4/c1-4-10-26-17-9-8-15(11-16(17)21)20(25)23-22-18(24)12-27-19-13(2)6-5-7-14(19)3/h5-9,11H,4,10,12H2,1-3H3,(H,22,24)(H,23,25). The molecule has 7 heteroatoms. The van der Waals surface area contributed by atoms with Gasteiger partial charge >= 0.3 is 0 Å². The molecule has 0 aliphatic carbocycles. The predicted octanol–water partition coefficient (Wildman–Crippen LogP) is 3.69. The SMILES string of the molecule is CCCOc1ccc(C(=O)NNC(=O)COc2c(C)cccc2C)cc1Br. The Morgan fingerprint density at radius 3 is 2.37 bits per heavy atom. The van der Waals surface area contributed by atoms with Crippen LogP contribution in [0.25, 0.3) is 0 Å². The summed E-state index contributed by atoms with van der Waals surface area (Å²) in [7, 11) is 0. The van der Waals surface area contributed by atoms with Crippen molar-refractivity contribution in [2.45, 2.75) is 27.2 Å². The van der Waals surface area contributed by atoms with Crippen molar-refractivity contribution in [2.75, 3.05) is 13.2 Å². The number of benzene rings is 2. The van der Waals surface area contributed by atoms with Crippen LogP contribution >= 0.6 is 15.9 Å². The summed E-state index contributed by atoms with van der Waals surface area (Å²) in [5, 5.41) is 0. The molecule has 0 atom stereocenters. The van der Waals surface area contributed by atoms with Crippen LogP contribution in [-0.2, 0) is 4.79 Å². The number of rotatable bonds is 7. The number of hydrazine groups is 1. The minimum Gasteiger partial charge on any atom is -0.492 e. The van der Waals surface area contributed by atoms with E-state index in [-0.39, 0.29) is 6.61 Å². The Kier molecular flexibility index (Phi) is 7.67. The molecule has 0 fully saturated rings. The zero-order chi connectivity index (χ0) is 19.8. The van der Waals surface area contributed by atoms with Crippen molar-refractivity contribution in [2.24, 2.45) is 0 Å². The first-order valence-electron chi connectivity index (χ1n) is 8.63. The molecule has 2 rings (SSSR count). The second-order valence-corrected chi connectivity index (χ2v) is 6.86. The maximum atomic E-state index is 12.2.